The number of nitrogens with zero attached hydrogens (tertiary/aromatic N) is 1. The molecule has 0 N–H and O–H groups in total. The van der Waals surface area contributed by atoms with E-state index in [1.54, 1.807) is 43.6 Å². The molecule has 3 rings (SSSR count). The molecular formula is C19H15NO2. The molecule has 1 atom stereocenters. The molecule has 1 unspecified atom stereocenters. The maximum absolute atomic E-state index is 12.7. The molecule has 22 heavy (non-hydrogen) atoms. The molecule has 0 amide bonds. The summed E-state index contributed by atoms with van der Waals surface area (Å²) in [5, 5.41) is 1.72. The van der Waals surface area contributed by atoms with Gasteiger partial charge in [-0.1, -0.05) is 54.6 Å². The molecule has 0 saturated heterocycles. The van der Waals surface area contributed by atoms with Gasteiger partial charge in [0.1, 0.15) is 0 Å². The number of benzene rings is 2. The average Bonchev–Trinajstić information content (AvgIpc) is 2.60. The summed E-state index contributed by atoms with van der Waals surface area (Å²) in [4.78, 5) is 29.3. The second-order valence-electron chi connectivity index (χ2n) is 5.22. The van der Waals surface area contributed by atoms with Crippen LogP contribution in [0, 0.1) is 5.92 Å². The predicted octanol–water partition coefficient (Wildman–Crippen LogP) is 3.94. The van der Waals surface area contributed by atoms with Gasteiger partial charge in [-0.15, -0.1) is 0 Å². The predicted molar refractivity (Wildman–Crippen MR) is 86.0 cm³/mol. The molecule has 2 aromatic carbocycles. The fraction of sp³-hybridized carbons (Fsp3) is 0.105. The van der Waals surface area contributed by atoms with Crippen LogP contribution in [0.5, 0.6) is 0 Å². The Hall–Kier alpha value is -2.81. The minimum atomic E-state index is -0.727. The van der Waals surface area contributed by atoms with E-state index in [0.29, 0.717) is 11.1 Å². The number of aromatic nitrogens is 1. The lowest BCUT2D eigenvalue weighted by molar-refractivity contribution is 0.0821. The summed E-state index contributed by atoms with van der Waals surface area (Å²) in [6.07, 6.45) is 3.26. The third kappa shape index (κ3) is 2.53. The minimum absolute atomic E-state index is 0.168. The number of Topliss-reactive ketones (excluding diaryl/α,β-unsaturated/α-hetero) is 2. The number of pyridine rings is 1. The van der Waals surface area contributed by atoms with Crippen LogP contribution in [-0.2, 0) is 0 Å². The molecule has 0 fully saturated rings. The highest BCUT2D eigenvalue weighted by atomic mass is 16.1. The Labute approximate surface area is 128 Å². The molecule has 0 spiro atoms. The van der Waals surface area contributed by atoms with Crippen LogP contribution in [0.3, 0.4) is 0 Å². The van der Waals surface area contributed by atoms with Crippen molar-refractivity contribution in [1.29, 1.82) is 0 Å². The highest BCUT2D eigenvalue weighted by Crippen LogP contribution is 2.21. The molecule has 0 aliphatic heterocycles. The molecule has 0 aliphatic rings. The lowest BCUT2D eigenvalue weighted by Gasteiger charge is -2.11. The van der Waals surface area contributed by atoms with Crippen molar-refractivity contribution in [3.05, 3.63) is 78.1 Å². The van der Waals surface area contributed by atoms with Crippen molar-refractivity contribution < 1.29 is 9.59 Å². The summed E-state index contributed by atoms with van der Waals surface area (Å²) in [6.45, 7) is 1.65. The van der Waals surface area contributed by atoms with Crippen LogP contribution in [-0.4, -0.2) is 16.6 Å². The Morgan fingerprint density at radius 2 is 1.55 bits per heavy atom. The van der Waals surface area contributed by atoms with E-state index in [1.165, 1.54) is 0 Å². The third-order valence-electron chi connectivity index (χ3n) is 3.78. The zero-order valence-corrected chi connectivity index (χ0v) is 12.2. The van der Waals surface area contributed by atoms with Crippen LogP contribution >= 0.6 is 0 Å². The summed E-state index contributed by atoms with van der Waals surface area (Å²) in [5.41, 5.74) is 1.05. The molecule has 1 aromatic heterocycles. The normalized spacial score (nSPS) is 12.0. The van der Waals surface area contributed by atoms with Crippen LogP contribution in [0.25, 0.3) is 10.8 Å². The zero-order valence-electron chi connectivity index (χ0n) is 12.2. The second kappa shape index (κ2) is 5.90. The second-order valence-corrected chi connectivity index (χ2v) is 5.22. The number of carbonyl (C=O) groups excluding carboxylic acids is 2. The summed E-state index contributed by atoms with van der Waals surface area (Å²) < 4.78 is 0. The molecule has 3 nitrogen and oxygen atoms in total. The van der Waals surface area contributed by atoms with Crippen LogP contribution in [0.15, 0.2) is 67.0 Å². The van der Waals surface area contributed by atoms with Crippen molar-refractivity contribution in [2.24, 2.45) is 5.92 Å². The third-order valence-corrected chi connectivity index (χ3v) is 3.78. The summed E-state index contributed by atoms with van der Waals surface area (Å²) in [6, 6.07) is 16.5. The quantitative estimate of drug-likeness (QED) is 0.540. The number of hydrogen-bond acceptors (Lipinski definition) is 3. The standard InChI is InChI=1S/C19H15NO2/c1-13(18(21)14-7-3-2-4-8-14)19(22)17-12-20-11-15-9-5-6-10-16(15)17/h2-13H,1H3. The van der Waals surface area contributed by atoms with Gasteiger partial charge in [-0.25, -0.2) is 0 Å². The largest absolute Gasteiger partial charge is 0.293 e. The average molecular weight is 289 g/mol. The first-order valence-corrected chi connectivity index (χ1v) is 7.14. The minimum Gasteiger partial charge on any atom is -0.293 e. The zero-order chi connectivity index (χ0) is 15.5. The van der Waals surface area contributed by atoms with E-state index in [0.717, 1.165) is 10.8 Å². The molecule has 0 radical (unpaired) electrons. The van der Waals surface area contributed by atoms with Crippen LogP contribution in [0.4, 0.5) is 0 Å². The Balaban J connectivity index is 1.97. The Bertz CT molecular complexity index is 835. The number of hydrogen-bond donors (Lipinski definition) is 0. The van der Waals surface area contributed by atoms with E-state index < -0.39 is 5.92 Å². The fourth-order valence-corrected chi connectivity index (χ4v) is 2.52. The SMILES string of the molecule is CC(C(=O)c1ccccc1)C(=O)c1cncc2ccccc12. The lowest BCUT2D eigenvalue weighted by atomic mass is 9.90. The number of rotatable bonds is 4. The Morgan fingerprint density at radius 3 is 2.32 bits per heavy atom. The van der Waals surface area contributed by atoms with E-state index in [4.69, 9.17) is 0 Å². The van der Waals surface area contributed by atoms with Gasteiger partial charge in [0.15, 0.2) is 11.6 Å². The lowest BCUT2D eigenvalue weighted by Crippen LogP contribution is -2.21. The van der Waals surface area contributed by atoms with Gasteiger partial charge in [-0.2, -0.15) is 0 Å². The van der Waals surface area contributed by atoms with Crippen molar-refractivity contribution in [2.75, 3.05) is 0 Å². The number of carbonyl (C=O) groups is 2. The van der Waals surface area contributed by atoms with Gasteiger partial charge in [0.2, 0.25) is 0 Å². The molecule has 0 aliphatic carbocycles. The van der Waals surface area contributed by atoms with Crippen LogP contribution in [0.1, 0.15) is 27.6 Å². The van der Waals surface area contributed by atoms with E-state index in [1.807, 2.05) is 30.3 Å². The molecule has 1 heterocycles. The first-order chi connectivity index (χ1) is 10.7. The molecular weight excluding hydrogens is 274 g/mol. The first-order valence-electron chi connectivity index (χ1n) is 7.14. The Morgan fingerprint density at radius 1 is 0.864 bits per heavy atom. The van der Waals surface area contributed by atoms with Gasteiger partial charge in [0.05, 0.1) is 5.92 Å². The van der Waals surface area contributed by atoms with E-state index in [9.17, 15) is 9.59 Å². The van der Waals surface area contributed by atoms with Crippen molar-refractivity contribution >= 4 is 22.3 Å². The van der Waals surface area contributed by atoms with Gasteiger partial charge >= 0.3 is 0 Å². The molecule has 3 heteroatoms. The Kier molecular flexibility index (Phi) is 3.79. The van der Waals surface area contributed by atoms with Crippen molar-refractivity contribution in [1.82, 2.24) is 4.98 Å². The first kappa shape index (κ1) is 14.1. The molecule has 3 aromatic rings. The van der Waals surface area contributed by atoms with Crippen LogP contribution in [0.2, 0.25) is 0 Å². The summed E-state index contributed by atoms with van der Waals surface area (Å²) >= 11 is 0. The van der Waals surface area contributed by atoms with Gasteiger partial charge in [-0.05, 0) is 12.3 Å². The van der Waals surface area contributed by atoms with Crippen molar-refractivity contribution in [3.8, 4) is 0 Å². The van der Waals surface area contributed by atoms with Crippen molar-refractivity contribution in [3.63, 3.8) is 0 Å². The topological polar surface area (TPSA) is 47.0 Å². The maximum atomic E-state index is 12.7. The smallest absolute Gasteiger partial charge is 0.175 e. The highest BCUT2D eigenvalue weighted by Gasteiger charge is 2.25. The van der Waals surface area contributed by atoms with Crippen LogP contribution < -0.4 is 0 Å². The summed E-state index contributed by atoms with van der Waals surface area (Å²) in [5.74, 6) is -1.09. The summed E-state index contributed by atoms with van der Waals surface area (Å²) in [7, 11) is 0. The fourth-order valence-electron chi connectivity index (χ4n) is 2.52. The van der Waals surface area contributed by atoms with Gasteiger partial charge in [0, 0.05) is 28.9 Å². The molecule has 0 bridgehead atoms. The van der Waals surface area contributed by atoms with E-state index >= 15 is 0 Å². The molecule has 0 saturated carbocycles. The van der Waals surface area contributed by atoms with E-state index in [2.05, 4.69) is 4.98 Å². The van der Waals surface area contributed by atoms with Gasteiger partial charge < -0.3 is 0 Å². The van der Waals surface area contributed by atoms with E-state index in [-0.39, 0.29) is 11.6 Å². The maximum Gasteiger partial charge on any atom is 0.175 e. The highest BCUT2D eigenvalue weighted by molar-refractivity contribution is 6.19. The van der Waals surface area contributed by atoms with Gasteiger partial charge in [0.25, 0.3) is 0 Å². The van der Waals surface area contributed by atoms with Gasteiger partial charge in [-0.3, -0.25) is 14.6 Å². The molecule has 108 valence electrons. The number of ketones is 2. The van der Waals surface area contributed by atoms with Crippen molar-refractivity contribution in [2.45, 2.75) is 6.92 Å². The monoisotopic (exact) mass is 289 g/mol. The number of fused-ring (bicyclic) bond motifs is 1.